The van der Waals surface area contributed by atoms with Crippen molar-refractivity contribution in [2.45, 2.75) is 6.92 Å². The van der Waals surface area contributed by atoms with Gasteiger partial charge in [0.2, 0.25) is 0 Å². The van der Waals surface area contributed by atoms with E-state index in [9.17, 15) is 18.7 Å². The number of hydrogen-bond acceptors (Lipinski definition) is 4. The van der Waals surface area contributed by atoms with Crippen LogP contribution < -0.4 is 10.1 Å². The molecule has 0 aliphatic rings. The van der Waals surface area contributed by atoms with Gasteiger partial charge in [0.15, 0.2) is 11.5 Å². The first-order valence-electron chi connectivity index (χ1n) is 7.28. The van der Waals surface area contributed by atoms with Crippen molar-refractivity contribution in [2.24, 2.45) is 0 Å². The largest absolute Gasteiger partial charge is 0.504 e. The third-order valence-electron chi connectivity index (χ3n) is 3.14. The zero-order valence-electron chi connectivity index (χ0n) is 13.2. The lowest BCUT2D eigenvalue weighted by Gasteiger charge is -2.07. The highest BCUT2D eigenvalue weighted by Gasteiger charge is 2.13. The third kappa shape index (κ3) is 4.54. The smallest absolute Gasteiger partial charge is 0.266 e. The lowest BCUT2D eigenvalue weighted by atomic mass is 10.1. The number of phenols is 1. The van der Waals surface area contributed by atoms with Gasteiger partial charge in [-0.05, 0) is 42.8 Å². The van der Waals surface area contributed by atoms with Crippen LogP contribution in [-0.4, -0.2) is 17.6 Å². The number of nitrogens with zero attached hydrogens (tertiary/aromatic N) is 1. The van der Waals surface area contributed by atoms with Crippen molar-refractivity contribution in [3.8, 4) is 17.6 Å². The number of hydrogen-bond donors (Lipinski definition) is 2. The average Bonchev–Trinajstić information content (AvgIpc) is 2.58. The highest BCUT2D eigenvalue weighted by Crippen LogP contribution is 2.28. The van der Waals surface area contributed by atoms with Gasteiger partial charge in [0.25, 0.3) is 5.91 Å². The van der Waals surface area contributed by atoms with Crippen molar-refractivity contribution in [1.29, 1.82) is 5.26 Å². The van der Waals surface area contributed by atoms with Gasteiger partial charge in [0.1, 0.15) is 23.3 Å². The zero-order valence-corrected chi connectivity index (χ0v) is 13.2. The molecule has 2 aromatic rings. The van der Waals surface area contributed by atoms with Gasteiger partial charge in [0.05, 0.1) is 12.3 Å². The minimum absolute atomic E-state index is 0.0738. The summed E-state index contributed by atoms with van der Waals surface area (Å²) in [6.45, 7) is 2.07. The molecule has 0 aromatic heterocycles. The number of anilines is 1. The maximum Gasteiger partial charge on any atom is 0.266 e. The standard InChI is InChI=1S/C18H14F2N2O3/c1-2-25-17-8-11(3-6-16(17)23)7-12(10-21)18(24)22-15-5-4-13(19)9-14(15)20/h3-9,23H,2H2,1H3,(H,22,24)/b12-7+. The van der Waals surface area contributed by atoms with Crippen LogP contribution in [0.1, 0.15) is 12.5 Å². The van der Waals surface area contributed by atoms with Crippen LogP contribution in [0.3, 0.4) is 0 Å². The van der Waals surface area contributed by atoms with E-state index in [1.807, 2.05) is 0 Å². The number of amides is 1. The quantitative estimate of drug-likeness (QED) is 0.641. The van der Waals surface area contributed by atoms with E-state index in [2.05, 4.69) is 5.32 Å². The van der Waals surface area contributed by atoms with Gasteiger partial charge >= 0.3 is 0 Å². The van der Waals surface area contributed by atoms with Crippen molar-refractivity contribution in [3.63, 3.8) is 0 Å². The number of rotatable bonds is 5. The molecule has 0 atom stereocenters. The van der Waals surface area contributed by atoms with Crippen molar-refractivity contribution in [2.75, 3.05) is 11.9 Å². The highest BCUT2D eigenvalue weighted by molar-refractivity contribution is 6.09. The Morgan fingerprint density at radius 2 is 2.08 bits per heavy atom. The lowest BCUT2D eigenvalue weighted by Crippen LogP contribution is -2.14. The Bertz CT molecular complexity index is 873. The molecule has 0 unspecified atom stereocenters. The highest BCUT2D eigenvalue weighted by atomic mass is 19.1. The number of nitrogens with one attached hydrogen (secondary N) is 1. The van der Waals surface area contributed by atoms with Gasteiger partial charge < -0.3 is 15.2 Å². The molecule has 0 spiro atoms. The molecular weight excluding hydrogens is 330 g/mol. The summed E-state index contributed by atoms with van der Waals surface area (Å²) in [5.41, 5.74) is -0.0994. The van der Waals surface area contributed by atoms with Crippen LogP contribution >= 0.6 is 0 Å². The van der Waals surface area contributed by atoms with Crippen molar-refractivity contribution in [1.82, 2.24) is 0 Å². The third-order valence-corrected chi connectivity index (χ3v) is 3.14. The molecular formula is C18H14F2N2O3. The van der Waals surface area contributed by atoms with E-state index in [0.29, 0.717) is 18.2 Å². The van der Waals surface area contributed by atoms with Crippen molar-refractivity contribution < 1.29 is 23.4 Å². The van der Waals surface area contributed by atoms with Crippen LogP contribution in [0, 0.1) is 23.0 Å². The number of halogens is 2. The Kier molecular flexibility index (Phi) is 5.69. The van der Waals surface area contributed by atoms with E-state index in [-0.39, 0.29) is 22.8 Å². The van der Waals surface area contributed by atoms with Crippen molar-refractivity contribution in [3.05, 3.63) is 59.2 Å². The Labute approximate surface area is 142 Å². The van der Waals surface area contributed by atoms with Crippen LogP contribution in [0.25, 0.3) is 6.08 Å². The SMILES string of the molecule is CCOc1cc(/C=C(\C#N)C(=O)Nc2ccc(F)cc2F)ccc1O. The van der Waals surface area contributed by atoms with Crippen LogP contribution in [0.2, 0.25) is 0 Å². The van der Waals surface area contributed by atoms with Gasteiger partial charge in [-0.2, -0.15) is 5.26 Å². The summed E-state index contributed by atoms with van der Waals surface area (Å²) < 4.78 is 31.7. The fraction of sp³-hybridized carbons (Fsp3) is 0.111. The molecule has 0 fully saturated rings. The topological polar surface area (TPSA) is 82.3 Å². The molecule has 1 amide bonds. The maximum atomic E-state index is 13.6. The van der Waals surface area contributed by atoms with Crippen LogP contribution in [0.15, 0.2) is 42.0 Å². The van der Waals surface area contributed by atoms with Crippen LogP contribution in [0.4, 0.5) is 14.5 Å². The number of ether oxygens (including phenoxy) is 1. The maximum absolute atomic E-state index is 13.6. The summed E-state index contributed by atoms with van der Waals surface area (Å²) in [7, 11) is 0. The summed E-state index contributed by atoms with van der Waals surface area (Å²) in [5, 5.41) is 21.0. The van der Waals surface area contributed by atoms with Gasteiger partial charge in [-0.15, -0.1) is 0 Å². The Morgan fingerprint density at radius 3 is 2.72 bits per heavy atom. The Hall–Kier alpha value is -3.40. The van der Waals surface area contributed by atoms with Crippen LogP contribution in [0.5, 0.6) is 11.5 Å². The molecule has 5 nitrogen and oxygen atoms in total. The van der Waals surface area contributed by atoms with Gasteiger partial charge in [0, 0.05) is 6.07 Å². The summed E-state index contributed by atoms with van der Waals surface area (Å²) in [6, 6.07) is 8.70. The van der Waals surface area contributed by atoms with Gasteiger partial charge in [-0.25, -0.2) is 8.78 Å². The van der Waals surface area contributed by atoms with Gasteiger partial charge in [-0.3, -0.25) is 4.79 Å². The van der Waals surface area contributed by atoms with E-state index in [0.717, 1.165) is 12.1 Å². The molecule has 0 heterocycles. The molecule has 2 N–H and O–H groups in total. The monoisotopic (exact) mass is 344 g/mol. The summed E-state index contributed by atoms with van der Waals surface area (Å²) in [5.74, 6) is -2.44. The second-order valence-electron chi connectivity index (χ2n) is 4.91. The molecule has 25 heavy (non-hydrogen) atoms. The first-order valence-corrected chi connectivity index (χ1v) is 7.28. The molecule has 0 radical (unpaired) electrons. The summed E-state index contributed by atoms with van der Waals surface area (Å²) >= 11 is 0. The van der Waals surface area contributed by atoms with Gasteiger partial charge in [-0.1, -0.05) is 6.07 Å². The second kappa shape index (κ2) is 7.93. The molecule has 128 valence electrons. The van der Waals surface area contributed by atoms with Crippen LogP contribution in [-0.2, 0) is 4.79 Å². The summed E-state index contributed by atoms with van der Waals surface area (Å²) in [4.78, 5) is 12.1. The number of carbonyl (C=O) groups excluding carboxylic acids is 1. The fourth-order valence-electron chi connectivity index (χ4n) is 1.99. The average molecular weight is 344 g/mol. The minimum atomic E-state index is -0.950. The molecule has 0 aliphatic heterocycles. The van der Waals surface area contributed by atoms with E-state index < -0.39 is 17.5 Å². The summed E-state index contributed by atoms with van der Waals surface area (Å²) in [6.07, 6.45) is 1.26. The lowest BCUT2D eigenvalue weighted by molar-refractivity contribution is -0.112. The Balaban J connectivity index is 2.26. The Morgan fingerprint density at radius 1 is 1.32 bits per heavy atom. The predicted molar refractivity (Wildman–Crippen MR) is 87.9 cm³/mol. The molecule has 2 rings (SSSR count). The zero-order chi connectivity index (χ0) is 18.4. The van der Waals surface area contributed by atoms with E-state index in [4.69, 9.17) is 10.00 Å². The normalized spacial score (nSPS) is 10.9. The number of carbonyl (C=O) groups is 1. The molecule has 0 bridgehead atoms. The number of aromatic hydroxyl groups is 1. The van der Waals surface area contributed by atoms with Crippen molar-refractivity contribution >= 4 is 17.7 Å². The fourth-order valence-corrected chi connectivity index (χ4v) is 1.99. The minimum Gasteiger partial charge on any atom is -0.504 e. The van der Waals surface area contributed by atoms with E-state index >= 15 is 0 Å². The number of nitriles is 1. The first kappa shape index (κ1) is 17.9. The van der Waals surface area contributed by atoms with E-state index in [1.165, 1.54) is 24.3 Å². The molecule has 0 saturated carbocycles. The molecule has 0 aliphatic carbocycles. The molecule has 0 saturated heterocycles. The molecule has 2 aromatic carbocycles. The predicted octanol–water partition coefficient (Wildman–Crippen LogP) is 3.61. The number of phenolic OH excluding ortho intramolecular Hbond substituents is 1. The van der Waals surface area contributed by atoms with E-state index in [1.54, 1.807) is 13.0 Å². The second-order valence-corrected chi connectivity index (χ2v) is 4.91. The molecule has 7 heteroatoms. The number of benzene rings is 2. The first-order chi connectivity index (χ1) is 11.9.